The largest absolute Gasteiger partial charge is 0.383 e. The fourth-order valence-corrected chi connectivity index (χ4v) is 3.89. The minimum Gasteiger partial charge on any atom is -0.383 e. The number of ether oxygens (including phenoxy) is 1. The third kappa shape index (κ3) is 3.51. The van der Waals surface area contributed by atoms with Crippen LogP contribution in [0, 0.1) is 5.82 Å². The number of carbonyl (C=O) groups excluding carboxylic acids is 1. The van der Waals surface area contributed by atoms with Crippen LogP contribution in [0.2, 0.25) is 0 Å². The lowest BCUT2D eigenvalue weighted by atomic mass is 10.1. The van der Waals surface area contributed by atoms with Crippen molar-refractivity contribution in [3.05, 3.63) is 70.9 Å². The summed E-state index contributed by atoms with van der Waals surface area (Å²) in [4.78, 5) is 17.2. The van der Waals surface area contributed by atoms with Crippen LogP contribution in [-0.2, 0) is 11.3 Å². The summed E-state index contributed by atoms with van der Waals surface area (Å²) in [5.41, 5.74) is 1.31. The second kappa shape index (κ2) is 7.87. The van der Waals surface area contributed by atoms with Gasteiger partial charge in [0.1, 0.15) is 5.82 Å². The smallest absolute Gasteiger partial charge is 0.301 e. The number of fused-ring (bicyclic) bond motifs is 1. The average Bonchev–Trinajstić information content (AvgIpc) is 3.33. The number of carbonyl (C=O) groups is 1. The molecule has 8 heteroatoms. The molecule has 28 heavy (non-hydrogen) atoms. The Kier molecular flexibility index (Phi) is 5.14. The van der Waals surface area contributed by atoms with Gasteiger partial charge in [-0.1, -0.05) is 52.9 Å². The van der Waals surface area contributed by atoms with E-state index < -0.39 is 5.91 Å². The van der Waals surface area contributed by atoms with Crippen LogP contribution in [0.15, 0.2) is 64.1 Å². The molecule has 0 spiro atoms. The van der Waals surface area contributed by atoms with Crippen LogP contribution in [0.1, 0.15) is 10.5 Å². The Morgan fingerprint density at radius 1 is 1.25 bits per heavy atom. The lowest BCUT2D eigenvalue weighted by Crippen LogP contribution is -2.20. The first-order valence-electron chi connectivity index (χ1n) is 8.55. The first-order chi connectivity index (χ1) is 13.7. The van der Waals surface area contributed by atoms with E-state index in [0.717, 1.165) is 5.56 Å². The number of aromatic nitrogens is 2. The molecule has 0 atom stereocenters. The highest BCUT2D eigenvalue weighted by Gasteiger charge is 2.15. The SMILES string of the molecule is COCCn1c(=NC(=O)c2cc(-c3ccccc3)on2)sc2cccc(F)c21. The van der Waals surface area contributed by atoms with Crippen LogP contribution >= 0.6 is 11.3 Å². The Morgan fingerprint density at radius 3 is 2.86 bits per heavy atom. The van der Waals surface area contributed by atoms with Crippen LogP contribution in [0.4, 0.5) is 4.39 Å². The maximum Gasteiger partial charge on any atom is 0.301 e. The van der Waals surface area contributed by atoms with Crippen molar-refractivity contribution in [1.82, 2.24) is 9.72 Å². The highest BCUT2D eigenvalue weighted by atomic mass is 32.1. The topological polar surface area (TPSA) is 69.6 Å². The zero-order chi connectivity index (χ0) is 19.5. The Hall–Kier alpha value is -3.10. The van der Waals surface area contributed by atoms with E-state index in [0.29, 0.717) is 33.9 Å². The zero-order valence-corrected chi connectivity index (χ0v) is 15.8. The fraction of sp³-hybridized carbons (Fsp3) is 0.150. The molecule has 0 fully saturated rings. The summed E-state index contributed by atoms with van der Waals surface area (Å²) < 4.78 is 27.1. The molecular formula is C20H16FN3O3S. The van der Waals surface area contributed by atoms with Gasteiger partial charge in [-0.15, -0.1) is 0 Å². The molecule has 4 rings (SSSR count). The predicted octanol–water partition coefficient (Wildman–Crippen LogP) is 3.88. The van der Waals surface area contributed by atoms with Gasteiger partial charge < -0.3 is 13.8 Å². The van der Waals surface area contributed by atoms with E-state index in [1.807, 2.05) is 30.3 Å². The van der Waals surface area contributed by atoms with Crippen LogP contribution in [0.3, 0.4) is 0 Å². The molecule has 0 unspecified atom stereocenters. The first kappa shape index (κ1) is 18.3. The molecule has 0 saturated carbocycles. The van der Waals surface area contributed by atoms with E-state index in [2.05, 4.69) is 10.1 Å². The summed E-state index contributed by atoms with van der Waals surface area (Å²) in [5.74, 6) is -0.440. The molecule has 0 saturated heterocycles. The molecular weight excluding hydrogens is 381 g/mol. The van der Waals surface area contributed by atoms with Gasteiger partial charge in [0.05, 0.1) is 16.8 Å². The summed E-state index contributed by atoms with van der Waals surface area (Å²) in [6.07, 6.45) is 0. The lowest BCUT2D eigenvalue weighted by molar-refractivity contribution is 0.0988. The Bertz CT molecular complexity index is 1190. The quantitative estimate of drug-likeness (QED) is 0.512. The van der Waals surface area contributed by atoms with Gasteiger partial charge >= 0.3 is 5.91 Å². The average molecular weight is 397 g/mol. The molecule has 0 bridgehead atoms. The summed E-state index contributed by atoms with van der Waals surface area (Å²) in [7, 11) is 1.56. The summed E-state index contributed by atoms with van der Waals surface area (Å²) >= 11 is 1.24. The Balaban J connectivity index is 1.74. The normalized spacial score (nSPS) is 12.0. The molecule has 2 heterocycles. The third-order valence-electron chi connectivity index (χ3n) is 4.16. The molecule has 1 amide bonds. The number of hydrogen-bond donors (Lipinski definition) is 0. The number of methoxy groups -OCH3 is 1. The second-order valence-electron chi connectivity index (χ2n) is 5.98. The molecule has 6 nitrogen and oxygen atoms in total. The molecule has 0 aliphatic carbocycles. The van der Waals surface area contributed by atoms with Gasteiger partial charge in [0, 0.05) is 25.3 Å². The van der Waals surface area contributed by atoms with E-state index in [1.54, 1.807) is 29.9 Å². The van der Waals surface area contributed by atoms with Crippen LogP contribution < -0.4 is 4.80 Å². The lowest BCUT2D eigenvalue weighted by Gasteiger charge is -2.04. The standard InChI is InChI=1S/C20H16FN3O3S/c1-26-11-10-24-18-14(21)8-5-9-17(18)28-20(24)22-19(25)15-12-16(27-23-15)13-6-3-2-4-7-13/h2-9,12H,10-11H2,1H3. The maximum atomic E-state index is 14.3. The van der Waals surface area contributed by atoms with Crippen molar-refractivity contribution in [2.45, 2.75) is 6.54 Å². The van der Waals surface area contributed by atoms with E-state index >= 15 is 0 Å². The van der Waals surface area contributed by atoms with Crippen molar-refractivity contribution < 1.29 is 18.4 Å². The molecule has 2 aromatic heterocycles. The molecule has 2 aromatic carbocycles. The van der Waals surface area contributed by atoms with Gasteiger partial charge in [-0.3, -0.25) is 4.79 Å². The first-order valence-corrected chi connectivity index (χ1v) is 9.37. The van der Waals surface area contributed by atoms with Crippen LogP contribution in [-0.4, -0.2) is 29.3 Å². The van der Waals surface area contributed by atoms with E-state index in [9.17, 15) is 9.18 Å². The Morgan fingerprint density at radius 2 is 2.07 bits per heavy atom. The van der Waals surface area contributed by atoms with Crippen molar-refractivity contribution in [2.24, 2.45) is 4.99 Å². The Labute approximate surface area is 163 Å². The minimum absolute atomic E-state index is 0.0927. The molecule has 0 aliphatic heterocycles. The van der Waals surface area contributed by atoms with Crippen molar-refractivity contribution >= 4 is 27.5 Å². The summed E-state index contributed by atoms with van der Waals surface area (Å²) in [6.45, 7) is 0.737. The molecule has 4 aromatic rings. The number of rotatable bonds is 5. The van der Waals surface area contributed by atoms with E-state index in [4.69, 9.17) is 9.26 Å². The van der Waals surface area contributed by atoms with E-state index in [1.165, 1.54) is 17.4 Å². The summed E-state index contributed by atoms with van der Waals surface area (Å²) in [5, 5.41) is 3.83. The molecule has 0 aliphatic rings. The highest BCUT2D eigenvalue weighted by molar-refractivity contribution is 7.16. The van der Waals surface area contributed by atoms with Gasteiger partial charge in [0.15, 0.2) is 16.3 Å². The zero-order valence-electron chi connectivity index (χ0n) is 15.0. The number of benzene rings is 2. The van der Waals surface area contributed by atoms with Crippen molar-refractivity contribution in [2.75, 3.05) is 13.7 Å². The third-order valence-corrected chi connectivity index (χ3v) is 5.20. The van der Waals surface area contributed by atoms with Crippen LogP contribution in [0.5, 0.6) is 0 Å². The van der Waals surface area contributed by atoms with Gasteiger partial charge in [-0.2, -0.15) is 4.99 Å². The number of thiazole rings is 1. The second-order valence-corrected chi connectivity index (χ2v) is 6.98. The predicted molar refractivity (Wildman–Crippen MR) is 103 cm³/mol. The van der Waals surface area contributed by atoms with Gasteiger partial charge in [0.25, 0.3) is 0 Å². The van der Waals surface area contributed by atoms with Crippen molar-refractivity contribution in [3.8, 4) is 11.3 Å². The molecule has 0 radical (unpaired) electrons. The monoisotopic (exact) mass is 397 g/mol. The minimum atomic E-state index is -0.552. The fourth-order valence-electron chi connectivity index (χ4n) is 2.82. The maximum absolute atomic E-state index is 14.3. The molecule has 0 N–H and O–H groups in total. The number of halogens is 1. The van der Waals surface area contributed by atoms with Gasteiger partial charge in [0.2, 0.25) is 0 Å². The van der Waals surface area contributed by atoms with Crippen molar-refractivity contribution in [3.63, 3.8) is 0 Å². The highest BCUT2D eigenvalue weighted by Crippen LogP contribution is 2.22. The van der Waals surface area contributed by atoms with E-state index in [-0.39, 0.29) is 11.5 Å². The number of hydrogen-bond acceptors (Lipinski definition) is 5. The van der Waals surface area contributed by atoms with Gasteiger partial charge in [-0.25, -0.2) is 4.39 Å². The number of amides is 1. The van der Waals surface area contributed by atoms with Gasteiger partial charge in [-0.05, 0) is 12.1 Å². The number of nitrogens with zero attached hydrogens (tertiary/aromatic N) is 3. The molecule has 142 valence electrons. The van der Waals surface area contributed by atoms with Crippen LogP contribution in [0.25, 0.3) is 21.5 Å². The van der Waals surface area contributed by atoms with Crippen molar-refractivity contribution in [1.29, 1.82) is 0 Å². The summed E-state index contributed by atoms with van der Waals surface area (Å²) in [6, 6.07) is 15.7. The number of para-hydroxylation sites is 1.